The Morgan fingerprint density at radius 2 is 1.65 bits per heavy atom. The minimum absolute atomic E-state index is 0.0526. The van der Waals surface area contributed by atoms with Crippen molar-refractivity contribution in [1.29, 1.82) is 0 Å². The van der Waals surface area contributed by atoms with Gasteiger partial charge in [-0.3, -0.25) is 14.9 Å². The lowest BCUT2D eigenvalue weighted by Crippen LogP contribution is -2.16. The van der Waals surface area contributed by atoms with Gasteiger partial charge in [-0.25, -0.2) is 23.1 Å². The number of halogens is 1. The Labute approximate surface area is 182 Å². The molecule has 0 bridgehead atoms. The number of carbonyl (C=O) groups excluding carboxylic acids is 1. The van der Waals surface area contributed by atoms with Crippen LogP contribution in [0.1, 0.15) is 21.7 Å². The van der Waals surface area contributed by atoms with Crippen molar-refractivity contribution >= 4 is 44.9 Å². The summed E-state index contributed by atoms with van der Waals surface area (Å²) in [6.07, 6.45) is 0. The molecule has 1 heterocycles. The molecule has 0 aliphatic rings. The van der Waals surface area contributed by atoms with Crippen LogP contribution in [0, 0.1) is 24.0 Å². The molecule has 160 valence electrons. The van der Waals surface area contributed by atoms with Crippen LogP contribution >= 0.6 is 11.6 Å². The van der Waals surface area contributed by atoms with Gasteiger partial charge < -0.3 is 5.32 Å². The van der Waals surface area contributed by atoms with Crippen LogP contribution in [0.2, 0.25) is 5.02 Å². The molecule has 0 radical (unpaired) electrons. The Kier molecular flexibility index (Phi) is 6.18. The van der Waals surface area contributed by atoms with E-state index in [0.717, 1.165) is 6.07 Å². The Bertz CT molecular complexity index is 1260. The van der Waals surface area contributed by atoms with E-state index in [4.69, 9.17) is 11.6 Å². The first kappa shape index (κ1) is 22.1. The lowest BCUT2D eigenvalue weighted by molar-refractivity contribution is -0.385. The van der Waals surface area contributed by atoms with E-state index in [1.807, 2.05) is 0 Å². The van der Waals surface area contributed by atoms with Crippen molar-refractivity contribution in [3.63, 3.8) is 0 Å². The molecule has 0 fully saturated rings. The first-order valence-corrected chi connectivity index (χ1v) is 10.6. The number of hydrogen-bond acceptors (Lipinski definition) is 7. The number of sulfonamides is 1. The number of amides is 1. The van der Waals surface area contributed by atoms with Gasteiger partial charge >= 0.3 is 0 Å². The SMILES string of the molecule is Cc1cc(C)nc(NS(=O)(=O)c2ccc(NC(=O)c3cc(Cl)ccc3[N+](=O)[O-])cc2)n1. The largest absolute Gasteiger partial charge is 0.322 e. The number of benzene rings is 2. The van der Waals surface area contributed by atoms with Crippen LogP contribution in [0.4, 0.5) is 17.3 Å². The number of anilines is 2. The molecule has 0 spiro atoms. The molecule has 0 atom stereocenters. The molecule has 3 rings (SSSR count). The van der Waals surface area contributed by atoms with Gasteiger partial charge in [-0.1, -0.05) is 11.6 Å². The highest BCUT2D eigenvalue weighted by Crippen LogP contribution is 2.24. The number of hydrogen-bond donors (Lipinski definition) is 2. The summed E-state index contributed by atoms with van der Waals surface area (Å²) in [6.45, 7) is 3.43. The molecule has 12 heteroatoms. The number of nitrogens with one attached hydrogen (secondary N) is 2. The summed E-state index contributed by atoms with van der Waals surface area (Å²) in [7, 11) is -3.96. The second-order valence-corrected chi connectivity index (χ2v) is 8.60. The van der Waals surface area contributed by atoms with E-state index in [0.29, 0.717) is 11.4 Å². The van der Waals surface area contributed by atoms with Gasteiger partial charge in [0.2, 0.25) is 5.95 Å². The highest BCUT2D eigenvalue weighted by Gasteiger charge is 2.21. The zero-order chi connectivity index (χ0) is 22.8. The predicted molar refractivity (Wildman–Crippen MR) is 115 cm³/mol. The molecular weight excluding hydrogens is 446 g/mol. The normalized spacial score (nSPS) is 11.1. The van der Waals surface area contributed by atoms with E-state index in [1.165, 1.54) is 36.4 Å². The molecule has 0 saturated heterocycles. The molecule has 3 aromatic rings. The molecule has 0 unspecified atom stereocenters. The van der Waals surface area contributed by atoms with E-state index in [1.54, 1.807) is 19.9 Å². The van der Waals surface area contributed by atoms with Gasteiger partial charge in [0, 0.05) is 28.2 Å². The van der Waals surface area contributed by atoms with Crippen LogP contribution in [0.25, 0.3) is 0 Å². The zero-order valence-corrected chi connectivity index (χ0v) is 17.9. The monoisotopic (exact) mass is 461 g/mol. The van der Waals surface area contributed by atoms with Gasteiger partial charge in [0.05, 0.1) is 9.82 Å². The fraction of sp³-hybridized carbons (Fsp3) is 0.105. The van der Waals surface area contributed by atoms with Crippen LogP contribution in [0.3, 0.4) is 0 Å². The van der Waals surface area contributed by atoms with E-state index >= 15 is 0 Å². The number of nitrogens with zero attached hydrogens (tertiary/aromatic N) is 3. The standard InChI is InChI=1S/C19H16ClN5O5S/c1-11-9-12(2)22-19(21-11)24-31(29,30)15-6-4-14(5-7-15)23-18(26)16-10-13(20)3-8-17(16)25(27)28/h3-10H,1-2H3,(H,23,26)(H,21,22,24). The summed E-state index contributed by atoms with van der Waals surface area (Å²) < 4.78 is 27.4. The van der Waals surface area contributed by atoms with Crippen molar-refractivity contribution in [3.05, 3.63) is 80.6 Å². The summed E-state index contributed by atoms with van der Waals surface area (Å²) in [5, 5.41) is 13.8. The molecule has 0 aliphatic carbocycles. The fourth-order valence-electron chi connectivity index (χ4n) is 2.72. The maximum Gasteiger partial charge on any atom is 0.282 e. The first-order chi connectivity index (χ1) is 14.5. The summed E-state index contributed by atoms with van der Waals surface area (Å²) >= 11 is 5.84. The van der Waals surface area contributed by atoms with Crippen molar-refractivity contribution in [2.24, 2.45) is 0 Å². The lowest BCUT2D eigenvalue weighted by Gasteiger charge is -2.10. The Morgan fingerprint density at radius 3 is 2.23 bits per heavy atom. The third-order valence-corrected chi connectivity index (χ3v) is 5.61. The maximum absolute atomic E-state index is 12.6. The van der Waals surface area contributed by atoms with Gasteiger partial charge in [-0.05, 0) is 56.3 Å². The minimum atomic E-state index is -3.96. The number of carbonyl (C=O) groups is 1. The first-order valence-electron chi connectivity index (χ1n) is 8.75. The third-order valence-electron chi connectivity index (χ3n) is 4.03. The molecule has 2 N–H and O–H groups in total. The smallest absolute Gasteiger partial charge is 0.282 e. The van der Waals surface area contributed by atoms with Gasteiger partial charge in [0.25, 0.3) is 21.6 Å². The Morgan fingerprint density at radius 1 is 1.03 bits per heavy atom. The van der Waals surface area contributed by atoms with Gasteiger partial charge in [-0.2, -0.15) is 0 Å². The highest BCUT2D eigenvalue weighted by molar-refractivity contribution is 7.92. The summed E-state index contributed by atoms with van der Waals surface area (Å²) in [5.41, 5.74) is 0.833. The zero-order valence-electron chi connectivity index (χ0n) is 16.3. The molecule has 1 aromatic heterocycles. The summed E-state index contributed by atoms with van der Waals surface area (Å²) in [4.78, 5) is 30.9. The van der Waals surface area contributed by atoms with E-state index < -0.39 is 26.5 Å². The summed E-state index contributed by atoms with van der Waals surface area (Å²) in [5.74, 6) is -0.810. The van der Waals surface area contributed by atoms with Crippen molar-refractivity contribution in [1.82, 2.24) is 9.97 Å². The van der Waals surface area contributed by atoms with Gasteiger partial charge in [-0.15, -0.1) is 0 Å². The number of rotatable bonds is 6. The quantitative estimate of drug-likeness (QED) is 0.420. The molecule has 10 nitrogen and oxygen atoms in total. The van der Waals surface area contributed by atoms with Crippen LogP contribution in [-0.4, -0.2) is 29.2 Å². The van der Waals surface area contributed by atoms with Gasteiger partial charge in [0.1, 0.15) is 5.56 Å². The fourth-order valence-corrected chi connectivity index (χ4v) is 3.83. The highest BCUT2D eigenvalue weighted by atomic mass is 35.5. The number of aromatic nitrogens is 2. The van der Waals surface area contributed by atoms with Gasteiger partial charge in [0.15, 0.2) is 0 Å². The Balaban J connectivity index is 1.79. The second-order valence-electron chi connectivity index (χ2n) is 6.48. The Hall–Kier alpha value is -3.57. The molecule has 0 saturated carbocycles. The average Bonchev–Trinajstić information content (AvgIpc) is 2.66. The third kappa shape index (κ3) is 5.32. The van der Waals surface area contributed by atoms with E-state index in [-0.39, 0.29) is 27.1 Å². The molecule has 31 heavy (non-hydrogen) atoms. The predicted octanol–water partition coefficient (Wildman–Crippen LogP) is 3.71. The van der Waals surface area contributed by atoms with Crippen molar-refractivity contribution in [2.45, 2.75) is 18.7 Å². The minimum Gasteiger partial charge on any atom is -0.322 e. The lowest BCUT2D eigenvalue weighted by atomic mass is 10.1. The summed E-state index contributed by atoms with van der Waals surface area (Å²) in [6, 6.07) is 10.6. The maximum atomic E-state index is 12.6. The topological polar surface area (TPSA) is 144 Å². The van der Waals surface area contributed by atoms with Crippen molar-refractivity contribution in [3.8, 4) is 0 Å². The van der Waals surface area contributed by atoms with Crippen LogP contribution in [-0.2, 0) is 10.0 Å². The van der Waals surface area contributed by atoms with Crippen LogP contribution in [0.15, 0.2) is 53.4 Å². The van der Waals surface area contributed by atoms with Crippen molar-refractivity contribution < 1.29 is 18.1 Å². The van der Waals surface area contributed by atoms with Crippen molar-refractivity contribution in [2.75, 3.05) is 10.0 Å². The number of aryl methyl sites for hydroxylation is 2. The second kappa shape index (κ2) is 8.66. The molecule has 2 aromatic carbocycles. The average molecular weight is 462 g/mol. The molecule has 1 amide bonds. The number of nitro benzene ring substituents is 1. The molecule has 0 aliphatic heterocycles. The molecular formula is C19H16ClN5O5S. The number of nitro groups is 1. The van der Waals surface area contributed by atoms with Crippen LogP contribution in [0.5, 0.6) is 0 Å². The van der Waals surface area contributed by atoms with E-state index in [2.05, 4.69) is 20.0 Å². The van der Waals surface area contributed by atoms with E-state index in [9.17, 15) is 23.3 Å². The van der Waals surface area contributed by atoms with Crippen LogP contribution < -0.4 is 10.0 Å².